The largest absolute Gasteiger partial charge is 0.0614 e. The summed E-state index contributed by atoms with van der Waals surface area (Å²) in [7, 11) is 0. The van der Waals surface area contributed by atoms with Crippen LogP contribution in [0.25, 0.3) is 0 Å². The van der Waals surface area contributed by atoms with Crippen LogP contribution in [0.15, 0.2) is 0 Å². The smallest absolute Gasteiger partial charge is 0.0233 e. The van der Waals surface area contributed by atoms with E-state index in [1.54, 1.807) is 25.7 Å². The van der Waals surface area contributed by atoms with E-state index in [1.165, 1.54) is 0 Å². The van der Waals surface area contributed by atoms with Crippen molar-refractivity contribution in [1.82, 2.24) is 0 Å². The molecule has 0 radical (unpaired) electrons. The van der Waals surface area contributed by atoms with Crippen LogP contribution in [0.5, 0.6) is 0 Å². The maximum atomic E-state index is 2.52. The van der Waals surface area contributed by atoms with E-state index in [4.69, 9.17) is 0 Å². The number of rotatable bonds is 0. The van der Waals surface area contributed by atoms with Crippen LogP contribution >= 0.6 is 0 Å². The highest BCUT2D eigenvalue weighted by Crippen LogP contribution is 2.82. The second-order valence-electron chi connectivity index (χ2n) is 5.05. The van der Waals surface area contributed by atoms with Crippen LogP contribution in [0, 0.1) is 22.7 Å². The molecule has 0 N–H and O–H groups in total. The molecule has 2 bridgehead atoms. The lowest BCUT2D eigenvalue weighted by Gasteiger charge is -2.67. The fourth-order valence-corrected chi connectivity index (χ4v) is 4.43. The second-order valence-corrected chi connectivity index (χ2v) is 5.05. The van der Waals surface area contributed by atoms with Crippen LogP contribution in [0.1, 0.15) is 39.5 Å². The van der Waals surface area contributed by atoms with Gasteiger partial charge in [0.1, 0.15) is 0 Å². The van der Waals surface area contributed by atoms with Gasteiger partial charge >= 0.3 is 0 Å². The molecule has 1 spiro atoms. The predicted octanol–water partition coefficient (Wildman–Crippen LogP) is 2.83. The summed E-state index contributed by atoms with van der Waals surface area (Å²) in [5.41, 5.74) is 1.70. The highest BCUT2D eigenvalue weighted by atomic mass is 14.8. The lowest BCUT2D eigenvalue weighted by molar-refractivity contribution is -0.192. The average Bonchev–Trinajstić information content (AvgIpc) is 2.18. The highest BCUT2D eigenvalue weighted by molar-refractivity contribution is 5.23. The maximum absolute atomic E-state index is 2.52. The normalized spacial score (nSPS) is 70.2. The fraction of sp³-hybridized carbons (Fsp3) is 1.00. The molecular formula is C10H16. The molecule has 4 atom stereocenters. The van der Waals surface area contributed by atoms with Crippen molar-refractivity contribution in [2.24, 2.45) is 22.7 Å². The molecule has 0 heterocycles. The Kier molecular flexibility index (Phi) is 0.669. The van der Waals surface area contributed by atoms with E-state index < -0.39 is 0 Å². The summed E-state index contributed by atoms with van der Waals surface area (Å²) in [4.78, 5) is 0. The van der Waals surface area contributed by atoms with Crippen LogP contribution in [-0.4, -0.2) is 0 Å². The molecule has 0 nitrogen and oxygen atoms in total. The van der Waals surface area contributed by atoms with Gasteiger partial charge in [0.15, 0.2) is 0 Å². The Balaban J connectivity index is 2.07. The van der Waals surface area contributed by atoms with Crippen LogP contribution in [0.4, 0.5) is 0 Å². The second kappa shape index (κ2) is 1.19. The quantitative estimate of drug-likeness (QED) is 0.480. The standard InChI is InChI=1S/C10H16/c1-7-9(2)5-6-10(7)4-3-8(9)10/h7-8H,3-6H2,1-2H3. The summed E-state index contributed by atoms with van der Waals surface area (Å²) >= 11 is 0. The van der Waals surface area contributed by atoms with Crippen LogP contribution in [0.3, 0.4) is 0 Å². The van der Waals surface area contributed by atoms with Gasteiger partial charge in [-0.3, -0.25) is 0 Å². The number of hydrogen-bond acceptors (Lipinski definition) is 0. The van der Waals surface area contributed by atoms with Gasteiger partial charge in [0.05, 0.1) is 0 Å². The minimum absolute atomic E-state index is 0.804. The molecule has 4 aliphatic carbocycles. The van der Waals surface area contributed by atoms with Gasteiger partial charge in [-0.25, -0.2) is 0 Å². The average molecular weight is 136 g/mol. The molecule has 0 aromatic carbocycles. The molecule has 0 aliphatic heterocycles. The Bertz CT molecular complexity index is 174. The van der Waals surface area contributed by atoms with Crippen LogP contribution in [0.2, 0.25) is 0 Å². The third-order valence-electron chi connectivity index (χ3n) is 5.37. The summed E-state index contributed by atoms with van der Waals surface area (Å²) in [5, 5.41) is 0. The topological polar surface area (TPSA) is 0 Å². The molecular weight excluding hydrogens is 120 g/mol. The summed E-state index contributed by atoms with van der Waals surface area (Å²) in [5.74, 6) is 2.23. The van der Waals surface area contributed by atoms with E-state index >= 15 is 0 Å². The minimum Gasteiger partial charge on any atom is -0.0614 e. The molecule has 0 amide bonds. The minimum atomic E-state index is 0.804. The first kappa shape index (κ1) is 5.62. The molecule has 0 aromatic heterocycles. The fourth-order valence-electron chi connectivity index (χ4n) is 4.43. The molecule has 4 unspecified atom stereocenters. The third-order valence-corrected chi connectivity index (χ3v) is 5.37. The highest BCUT2D eigenvalue weighted by Gasteiger charge is 2.74. The van der Waals surface area contributed by atoms with Crippen molar-refractivity contribution in [3.05, 3.63) is 0 Å². The maximum Gasteiger partial charge on any atom is -0.0233 e. The van der Waals surface area contributed by atoms with E-state index in [9.17, 15) is 0 Å². The molecule has 0 saturated heterocycles. The Hall–Kier alpha value is 0. The first-order valence-corrected chi connectivity index (χ1v) is 4.70. The van der Waals surface area contributed by atoms with Gasteiger partial charge in [0.2, 0.25) is 0 Å². The van der Waals surface area contributed by atoms with E-state index in [-0.39, 0.29) is 0 Å². The predicted molar refractivity (Wildman–Crippen MR) is 41.7 cm³/mol. The molecule has 4 fully saturated rings. The van der Waals surface area contributed by atoms with Crippen molar-refractivity contribution in [2.75, 3.05) is 0 Å². The number of hydrogen-bond donors (Lipinski definition) is 0. The zero-order chi connectivity index (χ0) is 6.98. The molecule has 10 heavy (non-hydrogen) atoms. The first-order chi connectivity index (χ1) is 4.70. The molecule has 4 saturated carbocycles. The first-order valence-electron chi connectivity index (χ1n) is 4.70. The molecule has 4 aliphatic rings. The van der Waals surface area contributed by atoms with Crippen molar-refractivity contribution < 1.29 is 0 Å². The Morgan fingerprint density at radius 3 is 2.20 bits per heavy atom. The summed E-state index contributed by atoms with van der Waals surface area (Å²) in [6.45, 7) is 5.01. The molecule has 0 aromatic rings. The van der Waals surface area contributed by atoms with Gasteiger partial charge in [-0.1, -0.05) is 13.8 Å². The molecule has 0 heteroatoms. The van der Waals surface area contributed by atoms with Crippen molar-refractivity contribution >= 4 is 0 Å². The van der Waals surface area contributed by atoms with Gasteiger partial charge in [-0.05, 0) is 48.3 Å². The van der Waals surface area contributed by atoms with Gasteiger partial charge in [0, 0.05) is 0 Å². The van der Waals surface area contributed by atoms with Crippen molar-refractivity contribution in [3.8, 4) is 0 Å². The van der Waals surface area contributed by atoms with Gasteiger partial charge in [0.25, 0.3) is 0 Å². The van der Waals surface area contributed by atoms with Gasteiger partial charge < -0.3 is 0 Å². The lowest BCUT2D eigenvalue weighted by Crippen LogP contribution is -2.61. The Morgan fingerprint density at radius 1 is 1.20 bits per heavy atom. The van der Waals surface area contributed by atoms with Crippen molar-refractivity contribution in [3.63, 3.8) is 0 Å². The zero-order valence-electron chi connectivity index (χ0n) is 6.98. The SMILES string of the molecule is CC1C2(C)CCC13CCC23. The van der Waals surface area contributed by atoms with E-state index in [2.05, 4.69) is 13.8 Å². The lowest BCUT2D eigenvalue weighted by atomic mass is 9.37. The summed E-state index contributed by atoms with van der Waals surface area (Å²) in [6.07, 6.45) is 6.23. The van der Waals surface area contributed by atoms with E-state index in [0.29, 0.717) is 0 Å². The molecule has 56 valence electrons. The zero-order valence-corrected chi connectivity index (χ0v) is 6.98. The third kappa shape index (κ3) is 0.286. The van der Waals surface area contributed by atoms with Gasteiger partial charge in [-0.2, -0.15) is 0 Å². The molecule has 4 rings (SSSR count). The van der Waals surface area contributed by atoms with Crippen LogP contribution in [-0.2, 0) is 0 Å². The van der Waals surface area contributed by atoms with E-state index in [0.717, 1.165) is 22.7 Å². The van der Waals surface area contributed by atoms with E-state index in [1.807, 2.05) is 0 Å². The van der Waals surface area contributed by atoms with Crippen molar-refractivity contribution in [1.29, 1.82) is 0 Å². The summed E-state index contributed by atoms with van der Waals surface area (Å²) in [6, 6.07) is 0. The Morgan fingerprint density at radius 2 is 2.00 bits per heavy atom. The van der Waals surface area contributed by atoms with Crippen molar-refractivity contribution in [2.45, 2.75) is 39.5 Å². The number of fused-ring (bicyclic) bond motifs is 1. The Labute approximate surface area is 63.0 Å². The van der Waals surface area contributed by atoms with Crippen LogP contribution < -0.4 is 0 Å². The summed E-state index contributed by atoms with van der Waals surface area (Å²) < 4.78 is 0. The monoisotopic (exact) mass is 136 g/mol. The van der Waals surface area contributed by atoms with Gasteiger partial charge in [-0.15, -0.1) is 0 Å².